The highest BCUT2D eigenvalue weighted by atomic mass is 16.6. The third-order valence-corrected chi connectivity index (χ3v) is 2.72. The Bertz CT molecular complexity index is 672. The first kappa shape index (κ1) is 13.5. The van der Waals surface area contributed by atoms with Gasteiger partial charge in [0.1, 0.15) is 23.1 Å². The molecule has 0 saturated heterocycles. The van der Waals surface area contributed by atoms with Crippen molar-refractivity contribution in [1.29, 1.82) is 5.26 Å². The number of oxazole rings is 1. The van der Waals surface area contributed by atoms with Crippen LogP contribution >= 0.6 is 0 Å². The summed E-state index contributed by atoms with van der Waals surface area (Å²) in [7, 11) is 0. The smallest absolute Gasteiger partial charge is 0.309 e. The first-order chi connectivity index (χ1) is 9.65. The molecule has 0 bridgehead atoms. The van der Waals surface area contributed by atoms with Crippen LogP contribution in [0.4, 0.5) is 11.4 Å². The molecule has 20 heavy (non-hydrogen) atoms. The highest BCUT2D eigenvalue weighted by Gasteiger charge is 2.19. The highest BCUT2D eigenvalue weighted by molar-refractivity contribution is 5.68. The van der Waals surface area contributed by atoms with E-state index in [0.29, 0.717) is 5.89 Å². The van der Waals surface area contributed by atoms with Crippen LogP contribution in [0.1, 0.15) is 24.1 Å². The van der Waals surface area contributed by atoms with E-state index in [1.54, 1.807) is 18.3 Å². The van der Waals surface area contributed by atoms with Crippen molar-refractivity contribution in [3.63, 3.8) is 0 Å². The van der Waals surface area contributed by atoms with Crippen LogP contribution in [0, 0.1) is 21.4 Å². The van der Waals surface area contributed by atoms with Crippen molar-refractivity contribution in [1.82, 2.24) is 4.98 Å². The van der Waals surface area contributed by atoms with Crippen LogP contribution in [0.15, 0.2) is 28.8 Å². The van der Waals surface area contributed by atoms with Crippen LogP contribution in [0.2, 0.25) is 0 Å². The fourth-order valence-corrected chi connectivity index (χ4v) is 1.74. The lowest BCUT2D eigenvalue weighted by molar-refractivity contribution is -0.384. The van der Waals surface area contributed by atoms with E-state index >= 15 is 0 Å². The predicted octanol–water partition coefficient (Wildman–Crippen LogP) is 2.63. The second-order valence-electron chi connectivity index (χ2n) is 4.00. The number of para-hydroxylation sites is 1. The number of nitriles is 1. The zero-order chi connectivity index (χ0) is 14.5. The second kappa shape index (κ2) is 5.84. The predicted molar refractivity (Wildman–Crippen MR) is 71.0 cm³/mol. The third kappa shape index (κ3) is 2.75. The Kier molecular flexibility index (Phi) is 3.96. The van der Waals surface area contributed by atoms with Crippen molar-refractivity contribution >= 4 is 11.4 Å². The summed E-state index contributed by atoms with van der Waals surface area (Å²) < 4.78 is 5.40. The lowest BCUT2D eigenvalue weighted by Gasteiger charge is -2.05. The molecule has 0 aliphatic carbocycles. The molecule has 0 spiro atoms. The maximum absolute atomic E-state index is 11.0. The van der Waals surface area contributed by atoms with Gasteiger partial charge in [-0.1, -0.05) is 13.0 Å². The maximum Gasteiger partial charge on any atom is 0.309 e. The third-order valence-electron chi connectivity index (χ3n) is 2.72. The Morgan fingerprint density at radius 2 is 2.35 bits per heavy atom. The monoisotopic (exact) mass is 272 g/mol. The number of anilines is 1. The van der Waals surface area contributed by atoms with Crippen molar-refractivity contribution in [2.45, 2.75) is 19.9 Å². The number of hydrogen-bond donors (Lipinski definition) is 1. The van der Waals surface area contributed by atoms with Gasteiger partial charge in [-0.05, 0) is 12.1 Å². The molecule has 1 aromatic heterocycles. The number of nitrogens with one attached hydrogen (secondary N) is 1. The minimum absolute atomic E-state index is 0.0154. The van der Waals surface area contributed by atoms with Crippen LogP contribution in [-0.4, -0.2) is 9.91 Å². The molecule has 1 N–H and O–H groups in total. The van der Waals surface area contributed by atoms with Gasteiger partial charge in [-0.2, -0.15) is 5.26 Å². The molecule has 0 amide bonds. The number of nitrogens with zero attached hydrogens (tertiary/aromatic N) is 3. The Labute approximate surface area is 115 Å². The molecule has 0 unspecified atom stereocenters. The number of rotatable bonds is 5. The van der Waals surface area contributed by atoms with Crippen LogP contribution in [-0.2, 0) is 13.0 Å². The van der Waals surface area contributed by atoms with Gasteiger partial charge >= 0.3 is 5.69 Å². The van der Waals surface area contributed by atoms with Crippen molar-refractivity contribution < 1.29 is 9.34 Å². The number of hydrogen-bond acceptors (Lipinski definition) is 6. The van der Waals surface area contributed by atoms with Crippen molar-refractivity contribution in [3.05, 3.63) is 51.7 Å². The average molecular weight is 272 g/mol. The van der Waals surface area contributed by atoms with Crippen molar-refractivity contribution in [3.8, 4) is 6.07 Å². The lowest BCUT2D eigenvalue weighted by atomic mass is 10.1. The average Bonchev–Trinajstić information content (AvgIpc) is 2.92. The van der Waals surface area contributed by atoms with Crippen LogP contribution < -0.4 is 5.32 Å². The van der Waals surface area contributed by atoms with Gasteiger partial charge in [-0.15, -0.1) is 0 Å². The molecule has 1 heterocycles. The summed E-state index contributed by atoms with van der Waals surface area (Å²) in [5, 5.41) is 22.8. The summed E-state index contributed by atoms with van der Waals surface area (Å²) in [5.74, 6) is 1.19. The molecule has 2 rings (SSSR count). The van der Waals surface area contributed by atoms with Crippen molar-refractivity contribution in [2.24, 2.45) is 0 Å². The van der Waals surface area contributed by atoms with Crippen LogP contribution in [0.3, 0.4) is 0 Å². The molecule has 7 heteroatoms. The fourth-order valence-electron chi connectivity index (χ4n) is 1.74. The molecule has 0 radical (unpaired) electrons. The van der Waals surface area contributed by atoms with Gasteiger partial charge in [0, 0.05) is 6.42 Å². The number of aryl methyl sites for hydroxylation is 1. The molecule has 0 atom stereocenters. The van der Waals surface area contributed by atoms with E-state index in [1.165, 1.54) is 6.07 Å². The zero-order valence-electron chi connectivity index (χ0n) is 10.8. The summed E-state index contributed by atoms with van der Waals surface area (Å²) in [6, 6.07) is 6.34. The van der Waals surface area contributed by atoms with Crippen LogP contribution in [0.25, 0.3) is 0 Å². The van der Waals surface area contributed by atoms with E-state index in [-0.39, 0.29) is 23.5 Å². The van der Waals surface area contributed by atoms with E-state index in [0.717, 1.165) is 12.2 Å². The van der Waals surface area contributed by atoms with Gasteiger partial charge in [-0.3, -0.25) is 10.1 Å². The largest absolute Gasteiger partial charge is 0.444 e. The molecule has 102 valence electrons. The Balaban J connectivity index is 2.21. The first-order valence-electron chi connectivity index (χ1n) is 6.00. The Morgan fingerprint density at radius 3 is 2.95 bits per heavy atom. The molecule has 0 saturated carbocycles. The standard InChI is InChI=1S/C13H12N4O3/c1-2-10-7-16-12(20-10)8-15-11-5-3-4-9(6-14)13(11)17(18)19/h3-5,7,15H,2,8H2,1H3. The minimum Gasteiger partial charge on any atom is -0.444 e. The molecule has 1 aromatic carbocycles. The number of nitro groups is 1. The molecule has 2 aromatic rings. The van der Waals surface area contributed by atoms with Gasteiger partial charge < -0.3 is 9.73 Å². The van der Waals surface area contributed by atoms with E-state index in [2.05, 4.69) is 10.3 Å². The van der Waals surface area contributed by atoms with E-state index in [1.807, 2.05) is 13.0 Å². The summed E-state index contributed by atoms with van der Waals surface area (Å²) in [4.78, 5) is 14.5. The highest BCUT2D eigenvalue weighted by Crippen LogP contribution is 2.28. The molecule has 0 fully saturated rings. The molecule has 0 aliphatic heterocycles. The van der Waals surface area contributed by atoms with Gasteiger partial charge in [0.2, 0.25) is 5.89 Å². The van der Waals surface area contributed by atoms with Gasteiger partial charge in [0.15, 0.2) is 0 Å². The minimum atomic E-state index is -0.575. The Hall–Kier alpha value is -2.88. The summed E-state index contributed by atoms with van der Waals surface area (Å²) in [5.41, 5.74) is 0.0456. The quantitative estimate of drug-likeness (QED) is 0.662. The molecular weight excluding hydrogens is 260 g/mol. The summed E-state index contributed by atoms with van der Waals surface area (Å²) in [6.45, 7) is 2.16. The molecule has 7 nitrogen and oxygen atoms in total. The van der Waals surface area contributed by atoms with E-state index in [9.17, 15) is 10.1 Å². The first-order valence-corrected chi connectivity index (χ1v) is 6.00. The topological polar surface area (TPSA) is 105 Å². The summed E-state index contributed by atoms with van der Waals surface area (Å²) >= 11 is 0. The van der Waals surface area contributed by atoms with Gasteiger partial charge in [-0.25, -0.2) is 4.98 Å². The maximum atomic E-state index is 11.0. The van der Waals surface area contributed by atoms with E-state index in [4.69, 9.17) is 9.68 Å². The Morgan fingerprint density at radius 1 is 1.55 bits per heavy atom. The normalized spacial score (nSPS) is 10.0. The lowest BCUT2D eigenvalue weighted by Crippen LogP contribution is -2.04. The van der Waals surface area contributed by atoms with Crippen molar-refractivity contribution in [2.75, 3.05) is 5.32 Å². The van der Waals surface area contributed by atoms with E-state index < -0.39 is 4.92 Å². The number of nitro benzene ring substituents is 1. The molecule has 0 aliphatic rings. The van der Waals surface area contributed by atoms with Gasteiger partial charge in [0.25, 0.3) is 0 Å². The fraction of sp³-hybridized carbons (Fsp3) is 0.231. The SMILES string of the molecule is CCc1cnc(CNc2cccc(C#N)c2[N+](=O)[O-])o1. The zero-order valence-corrected chi connectivity index (χ0v) is 10.8. The molecular formula is C13H12N4O3. The number of benzene rings is 1. The van der Waals surface area contributed by atoms with Crippen LogP contribution in [0.5, 0.6) is 0 Å². The second-order valence-corrected chi connectivity index (χ2v) is 4.00. The van der Waals surface area contributed by atoms with Gasteiger partial charge in [0.05, 0.1) is 17.7 Å². The number of aromatic nitrogens is 1. The summed E-state index contributed by atoms with van der Waals surface area (Å²) in [6.07, 6.45) is 2.36.